The second kappa shape index (κ2) is 8.64. The number of carbonyl (C=O) groups excluding carboxylic acids is 2. The van der Waals surface area contributed by atoms with Crippen molar-refractivity contribution in [2.45, 2.75) is 6.10 Å². The fourth-order valence-electron chi connectivity index (χ4n) is 4.02. The van der Waals surface area contributed by atoms with Crippen molar-refractivity contribution in [1.29, 1.82) is 0 Å². The number of thiophene rings is 1. The molecule has 8 heteroatoms. The van der Waals surface area contributed by atoms with Crippen LogP contribution in [-0.4, -0.2) is 50.8 Å². The number of fused-ring (bicyclic) bond motifs is 1. The molecular weight excluding hydrogens is 426 g/mol. The van der Waals surface area contributed by atoms with Crippen molar-refractivity contribution >= 4 is 33.8 Å². The van der Waals surface area contributed by atoms with E-state index in [-0.39, 0.29) is 12.5 Å². The van der Waals surface area contributed by atoms with Crippen LogP contribution in [0.2, 0.25) is 0 Å². The third-order valence-corrected chi connectivity index (χ3v) is 6.83. The number of anilines is 2. The first-order valence-electron chi connectivity index (χ1n) is 10.5. The van der Waals surface area contributed by atoms with Crippen LogP contribution in [0.1, 0.15) is 9.67 Å². The molecule has 3 heterocycles. The third-order valence-electron chi connectivity index (χ3n) is 5.64. The zero-order valence-electron chi connectivity index (χ0n) is 17.4. The van der Waals surface area contributed by atoms with E-state index in [4.69, 9.17) is 15.2 Å². The van der Waals surface area contributed by atoms with Crippen molar-refractivity contribution in [3.8, 4) is 16.9 Å². The highest BCUT2D eigenvalue weighted by Gasteiger charge is 2.34. The van der Waals surface area contributed by atoms with Gasteiger partial charge >= 0.3 is 0 Å². The first kappa shape index (κ1) is 20.5. The van der Waals surface area contributed by atoms with Crippen LogP contribution >= 0.6 is 11.3 Å². The van der Waals surface area contributed by atoms with Gasteiger partial charge in [0.2, 0.25) is 0 Å². The summed E-state index contributed by atoms with van der Waals surface area (Å²) in [6, 6.07) is 19.2. The van der Waals surface area contributed by atoms with Gasteiger partial charge in [0.1, 0.15) is 5.75 Å². The van der Waals surface area contributed by atoms with E-state index >= 15 is 0 Å². The quantitative estimate of drug-likeness (QED) is 0.662. The lowest BCUT2D eigenvalue weighted by Gasteiger charge is -2.33. The second-order valence-corrected chi connectivity index (χ2v) is 8.72. The fourth-order valence-corrected chi connectivity index (χ4v) is 5.20. The maximum atomic E-state index is 13.7. The van der Waals surface area contributed by atoms with Crippen molar-refractivity contribution in [1.82, 2.24) is 0 Å². The van der Waals surface area contributed by atoms with Gasteiger partial charge in [0.25, 0.3) is 11.8 Å². The maximum absolute atomic E-state index is 13.7. The summed E-state index contributed by atoms with van der Waals surface area (Å²) in [4.78, 5) is 30.0. The minimum Gasteiger partial charge on any atom is -0.477 e. The summed E-state index contributed by atoms with van der Waals surface area (Å²) in [5.74, 6) is -0.291. The maximum Gasteiger partial charge on any atom is 0.268 e. The van der Waals surface area contributed by atoms with E-state index in [1.807, 2.05) is 48.5 Å². The molecule has 0 radical (unpaired) electrons. The van der Waals surface area contributed by atoms with Crippen LogP contribution in [0, 0.1) is 0 Å². The zero-order valence-corrected chi connectivity index (χ0v) is 18.2. The van der Waals surface area contributed by atoms with Crippen LogP contribution in [0.15, 0.2) is 60.7 Å². The molecule has 1 fully saturated rings. The molecule has 0 unspecified atom stereocenters. The van der Waals surface area contributed by atoms with Crippen molar-refractivity contribution in [3.63, 3.8) is 0 Å². The molecule has 1 atom stereocenters. The minimum absolute atomic E-state index is 0.0800. The lowest BCUT2D eigenvalue weighted by Crippen LogP contribution is -2.49. The number of para-hydroxylation sites is 2. The van der Waals surface area contributed by atoms with Gasteiger partial charge in [-0.25, -0.2) is 0 Å². The van der Waals surface area contributed by atoms with Crippen molar-refractivity contribution in [2.75, 3.05) is 42.6 Å². The first-order chi connectivity index (χ1) is 15.6. The van der Waals surface area contributed by atoms with Crippen LogP contribution in [0.3, 0.4) is 0 Å². The number of hydrogen-bond acceptors (Lipinski definition) is 6. The molecule has 2 aliphatic heterocycles. The number of benzene rings is 2. The number of amides is 2. The third kappa shape index (κ3) is 3.83. The molecule has 5 rings (SSSR count). The van der Waals surface area contributed by atoms with E-state index in [1.54, 1.807) is 17.0 Å². The summed E-state index contributed by atoms with van der Waals surface area (Å²) in [6.45, 7) is 2.95. The Morgan fingerprint density at radius 2 is 1.72 bits per heavy atom. The second-order valence-electron chi connectivity index (χ2n) is 7.69. The standard InChI is InChI=1S/C24H23N3O4S/c25-22(28)20-15-27(18-8-4-5-9-19(18)31-20)23(29)21-14-17(16-6-2-1-3-7-16)24(32-21)26-10-12-30-13-11-26/h1-9,14,20H,10-13,15H2,(H2,25,28)/t20-/m1/s1. The normalized spacial score (nSPS) is 18.1. The molecule has 1 aromatic heterocycles. The fraction of sp³-hybridized carbons (Fsp3) is 0.250. The molecule has 32 heavy (non-hydrogen) atoms. The summed E-state index contributed by atoms with van der Waals surface area (Å²) < 4.78 is 11.2. The topological polar surface area (TPSA) is 85.1 Å². The molecule has 2 amide bonds. The Labute approximate surface area is 190 Å². The molecule has 0 bridgehead atoms. The van der Waals surface area contributed by atoms with Crippen LogP contribution < -0.4 is 20.3 Å². The lowest BCUT2D eigenvalue weighted by atomic mass is 10.1. The van der Waals surface area contributed by atoms with Gasteiger partial charge in [-0.1, -0.05) is 42.5 Å². The van der Waals surface area contributed by atoms with Crippen LogP contribution in [-0.2, 0) is 9.53 Å². The highest BCUT2D eigenvalue weighted by Crippen LogP contribution is 2.41. The summed E-state index contributed by atoms with van der Waals surface area (Å²) >= 11 is 1.47. The Morgan fingerprint density at radius 1 is 1.00 bits per heavy atom. The summed E-state index contributed by atoms with van der Waals surface area (Å²) in [7, 11) is 0. The molecule has 2 aliphatic rings. The lowest BCUT2D eigenvalue weighted by molar-refractivity contribution is -0.124. The number of rotatable bonds is 4. The SMILES string of the molecule is NC(=O)[C@H]1CN(C(=O)c2cc(-c3ccccc3)c(N3CCOCC3)s2)c2ccccc2O1. The average molecular weight is 450 g/mol. The molecule has 164 valence electrons. The first-order valence-corrected chi connectivity index (χ1v) is 11.3. The highest BCUT2D eigenvalue weighted by atomic mass is 32.1. The van der Waals surface area contributed by atoms with Gasteiger partial charge in [0.15, 0.2) is 6.10 Å². The molecule has 7 nitrogen and oxygen atoms in total. The van der Waals surface area contributed by atoms with Crippen LogP contribution in [0.4, 0.5) is 10.7 Å². The predicted octanol–water partition coefficient (Wildman–Crippen LogP) is 3.14. The van der Waals surface area contributed by atoms with E-state index in [9.17, 15) is 9.59 Å². The molecule has 2 aromatic carbocycles. The van der Waals surface area contributed by atoms with E-state index in [1.165, 1.54) is 11.3 Å². The van der Waals surface area contributed by atoms with Gasteiger partial charge in [-0.2, -0.15) is 0 Å². The molecule has 0 saturated carbocycles. The predicted molar refractivity (Wildman–Crippen MR) is 125 cm³/mol. The van der Waals surface area contributed by atoms with E-state index < -0.39 is 12.0 Å². The van der Waals surface area contributed by atoms with Crippen molar-refractivity contribution in [2.24, 2.45) is 5.73 Å². The van der Waals surface area contributed by atoms with E-state index in [0.29, 0.717) is 29.5 Å². The summed E-state index contributed by atoms with van der Waals surface area (Å²) in [6.07, 6.45) is -0.888. The largest absolute Gasteiger partial charge is 0.477 e. The molecule has 1 saturated heterocycles. The number of primary amides is 1. The molecular formula is C24H23N3O4S. The van der Waals surface area contributed by atoms with Gasteiger partial charge in [0, 0.05) is 18.7 Å². The average Bonchev–Trinajstić information content (AvgIpc) is 3.29. The zero-order chi connectivity index (χ0) is 22.1. The number of ether oxygens (including phenoxy) is 2. The molecule has 2 N–H and O–H groups in total. The molecule has 0 aliphatic carbocycles. The van der Waals surface area contributed by atoms with E-state index in [0.717, 1.165) is 29.2 Å². The van der Waals surface area contributed by atoms with E-state index in [2.05, 4.69) is 4.90 Å². The van der Waals surface area contributed by atoms with Crippen molar-refractivity contribution in [3.05, 3.63) is 65.5 Å². The number of hydrogen-bond donors (Lipinski definition) is 1. The Kier molecular flexibility index (Phi) is 5.55. The Balaban J connectivity index is 1.55. The van der Waals surface area contributed by atoms with Gasteiger partial charge in [0.05, 0.1) is 35.3 Å². The van der Waals surface area contributed by atoms with Gasteiger partial charge < -0.3 is 20.1 Å². The summed E-state index contributed by atoms with van der Waals surface area (Å²) in [5.41, 5.74) is 8.23. The smallest absolute Gasteiger partial charge is 0.268 e. The van der Waals surface area contributed by atoms with Crippen molar-refractivity contribution < 1.29 is 19.1 Å². The number of nitrogens with zero attached hydrogens (tertiary/aromatic N) is 2. The highest BCUT2D eigenvalue weighted by molar-refractivity contribution is 7.18. The van der Waals surface area contributed by atoms with Crippen LogP contribution in [0.5, 0.6) is 5.75 Å². The van der Waals surface area contributed by atoms with Gasteiger partial charge in [-0.15, -0.1) is 11.3 Å². The van der Waals surface area contributed by atoms with Gasteiger partial charge in [-0.3, -0.25) is 14.5 Å². The van der Waals surface area contributed by atoms with Crippen LogP contribution in [0.25, 0.3) is 11.1 Å². The number of nitrogens with two attached hydrogens (primary N) is 1. The minimum atomic E-state index is -0.888. The Bertz CT molecular complexity index is 1140. The number of carbonyl (C=O) groups is 2. The monoisotopic (exact) mass is 449 g/mol. The molecule has 0 spiro atoms. The Morgan fingerprint density at radius 3 is 2.47 bits per heavy atom. The Hall–Kier alpha value is -3.36. The summed E-state index contributed by atoms with van der Waals surface area (Å²) in [5, 5.41) is 1.05. The van der Waals surface area contributed by atoms with Gasteiger partial charge in [-0.05, 0) is 23.8 Å². The number of morpholine rings is 1. The molecule has 3 aromatic rings.